The van der Waals surface area contributed by atoms with Gasteiger partial charge in [0.1, 0.15) is 0 Å². The first kappa shape index (κ1) is 11.9. The normalized spacial score (nSPS) is 30.0. The van der Waals surface area contributed by atoms with Crippen LogP contribution in [0.2, 0.25) is 0 Å². The summed E-state index contributed by atoms with van der Waals surface area (Å²) < 4.78 is 31.6. The Bertz CT molecular complexity index is 206. The van der Waals surface area contributed by atoms with Gasteiger partial charge >= 0.3 is 0 Å². The minimum atomic E-state index is -2.54. The molecule has 0 aromatic heterocycles. The van der Waals surface area contributed by atoms with E-state index in [0.29, 0.717) is 6.54 Å². The van der Waals surface area contributed by atoms with Crippen LogP contribution in [-0.2, 0) is 4.74 Å². The summed E-state index contributed by atoms with van der Waals surface area (Å²) in [6, 6.07) is 0. The maximum Gasteiger partial charge on any atom is 0.258 e. The zero-order chi connectivity index (χ0) is 11.0. The number of hydrogen-bond donors (Lipinski definition) is 0. The van der Waals surface area contributed by atoms with Crippen LogP contribution < -0.4 is 0 Å². The van der Waals surface area contributed by atoms with Crippen LogP contribution in [0.15, 0.2) is 0 Å². The van der Waals surface area contributed by atoms with E-state index in [2.05, 4.69) is 0 Å². The molecule has 0 heterocycles. The van der Waals surface area contributed by atoms with Gasteiger partial charge in [0.05, 0.1) is 18.1 Å². The van der Waals surface area contributed by atoms with E-state index in [4.69, 9.17) is 4.74 Å². The van der Waals surface area contributed by atoms with Crippen molar-refractivity contribution in [3.05, 3.63) is 0 Å². The lowest BCUT2D eigenvalue weighted by Crippen LogP contribution is -2.32. The first-order valence-electron chi connectivity index (χ1n) is 4.93. The number of ether oxygens (including phenoxy) is 1. The van der Waals surface area contributed by atoms with Crippen molar-refractivity contribution in [2.24, 2.45) is 5.41 Å². The second-order valence-electron chi connectivity index (χ2n) is 4.76. The van der Waals surface area contributed by atoms with Crippen LogP contribution in [0.3, 0.4) is 0 Å². The predicted molar refractivity (Wildman–Crippen MR) is 51.6 cm³/mol. The molecule has 0 unspecified atom stereocenters. The molecule has 0 amide bonds. The smallest absolute Gasteiger partial charge is 0.258 e. The number of nitrogens with zero attached hydrogens (tertiary/aromatic N) is 1. The molecule has 1 fully saturated rings. The average molecular weight is 207 g/mol. The van der Waals surface area contributed by atoms with Gasteiger partial charge in [0, 0.05) is 13.0 Å². The molecule has 1 atom stereocenters. The fraction of sp³-hybridized carbons (Fsp3) is 1.00. The SMILES string of the molecule is CC(C)OC[C@@]1(CN(C)C)CC1(F)F. The molecule has 0 spiro atoms. The molecule has 2 nitrogen and oxygen atoms in total. The van der Waals surface area contributed by atoms with Crippen LogP contribution in [0.25, 0.3) is 0 Å². The molecule has 0 aliphatic heterocycles. The van der Waals surface area contributed by atoms with Crippen molar-refractivity contribution in [2.75, 3.05) is 27.2 Å². The second kappa shape index (κ2) is 3.74. The molecule has 0 aromatic rings. The molecule has 4 heteroatoms. The van der Waals surface area contributed by atoms with Gasteiger partial charge in [0.25, 0.3) is 5.92 Å². The fourth-order valence-corrected chi connectivity index (χ4v) is 1.69. The Morgan fingerprint density at radius 2 is 1.86 bits per heavy atom. The van der Waals surface area contributed by atoms with E-state index in [9.17, 15) is 8.78 Å². The fourth-order valence-electron chi connectivity index (χ4n) is 1.69. The zero-order valence-electron chi connectivity index (χ0n) is 9.31. The van der Waals surface area contributed by atoms with E-state index in [1.807, 2.05) is 27.9 Å². The summed E-state index contributed by atoms with van der Waals surface area (Å²) in [6.07, 6.45) is -0.0179. The standard InChI is InChI=1S/C10H19F2NO/c1-8(2)14-7-9(6-13(3)4)5-10(9,11)12/h8H,5-7H2,1-4H3/t9-/m0/s1. The second-order valence-corrected chi connectivity index (χ2v) is 4.76. The zero-order valence-corrected chi connectivity index (χ0v) is 9.31. The topological polar surface area (TPSA) is 12.5 Å². The summed E-state index contributed by atoms with van der Waals surface area (Å²) >= 11 is 0. The summed E-state index contributed by atoms with van der Waals surface area (Å²) in [5.41, 5.74) is -0.930. The predicted octanol–water partition coefficient (Wildman–Crippen LogP) is 2.00. The molecule has 1 aliphatic carbocycles. The van der Waals surface area contributed by atoms with Crippen molar-refractivity contribution in [2.45, 2.75) is 32.3 Å². The van der Waals surface area contributed by atoms with Crippen molar-refractivity contribution in [3.8, 4) is 0 Å². The van der Waals surface area contributed by atoms with Gasteiger partial charge in [0.15, 0.2) is 0 Å². The van der Waals surface area contributed by atoms with Crippen molar-refractivity contribution in [1.82, 2.24) is 4.90 Å². The number of alkyl halides is 2. The molecule has 0 N–H and O–H groups in total. The molecule has 1 rings (SSSR count). The summed E-state index contributed by atoms with van der Waals surface area (Å²) in [6.45, 7) is 4.29. The highest BCUT2D eigenvalue weighted by atomic mass is 19.3. The lowest BCUT2D eigenvalue weighted by molar-refractivity contribution is -0.0205. The first-order valence-corrected chi connectivity index (χ1v) is 4.93. The molecule has 1 aliphatic rings. The Kier molecular flexibility index (Phi) is 3.17. The Balaban J connectivity index is 2.49. The summed E-state index contributed by atoms with van der Waals surface area (Å²) in [5.74, 6) is -2.54. The minimum Gasteiger partial charge on any atom is -0.378 e. The molecule has 0 bridgehead atoms. The van der Waals surface area contributed by atoms with Crippen LogP contribution in [0.5, 0.6) is 0 Å². The van der Waals surface area contributed by atoms with E-state index in [1.165, 1.54) is 0 Å². The molecule has 0 radical (unpaired) electrons. The van der Waals surface area contributed by atoms with Gasteiger partial charge in [-0.3, -0.25) is 0 Å². The van der Waals surface area contributed by atoms with E-state index in [1.54, 1.807) is 4.90 Å². The van der Waals surface area contributed by atoms with Gasteiger partial charge in [0.2, 0.25) is 0 Å². The Hall–Kier alpha value is -0.220. The number of hydrogen-bond acceptors (Lipinski definition) is 2. The molecule has 0 aromatic carbocycles. The molecule has 84 valence electrons. The highest BCUT2D eigenvalue weighted by Gasteiger charge is 2.71. The molecule has 1 saturated carbocycles. The summed E-state index contributed by atoms with van der Waals surface area (Å²) in [4.78, 5) is 1.80. The van der Waals surface area contributed by atoms with E-state index < -0.39 is 11.3 Å². The molecule has 0 saturated heterocycles. The van der Waals surface area contributed by atoms with Crippen molar-refractivity contribution < 1.29 is 13.5 Å². The van der Waals surface area contributed by atoms with Crippen LogP contribution >= 0.6 is 0 Å². The number of rotatable bonds is 5. The Morgan fingerprint density at radius 1 is 1.36 bits per heavy atom. The third-order valence-electron chi connectivity index (χ3n) is 2.52. The highest BCUT2D eigenvalue weighted by Crippen LogP contribution is 2.60. The lowest BCUT2D eigenvalue weighted by atomic mass is 10.1. The monoisotopic (exact) mass is 207 g/mol. The van der Waals surface area contributed by atoms with Gasteiger partial charge in [-0.1, -0.05) is 0 Å². The quantitative estimate of drug-likeness (QED) is 0.683. The van der Waals surface area contributed by atoms with Gasteiger partial charge in [-0.25, -0.2) is 8.78 Å². The maximum atomic E-state index is 13.2. The minimum absolute atomic E-state index is 0.0189. The first-order chi connectivity index (χ1) is 6.29. The molecular weight excluding hydrogens is 188 g/mol. The average Bonchev–Trinajstić information content (AvgIpc) is 2.48. The van der Waals surface area contributed by atoms with Gasteiger partial charge in [-0.15, -0.1) is 0 Å². The highest BCUT2D eigenvalue weighted by molar-refractivity contribution is 5.11. The van der Waals surface area contributed by atoms with E-state index in [-0.39, 0.29) is 19.1 Å². The van der Waals surface area contributed by atoms with E-state index >= 15 is 0 Å². The van der Waals surface area contributed by atoms with Crippen molar-refractivity contribution in [3.63, 3.8) is 0 Å². The van der Waals surface area contributed by atoms with Crippen LogP contribution in [0.1, 0.15) is 20.3 Å². The van der Waals surface area contributed by atoms with Gasteiger partial charge in [-0.05, 0) is 27.9 Å². The van der Waals surface area contributed by atoms with E-state index in [0.717, 1.165) is 0 Å². The number of halogens is 2. The van der Waals surface area contributed by atoms with Gasteiger partial charge in [-0.2, -0.15) is 0 Å². The lowest BCUT2D eigenvalue weighted by Gasteiger charge is -2.21. The van der Waals surface area contributed by atoms with Crippen molar-refractivity contribution in [1.29, 1.82) is 0 Å². The Labute approximate surface area is 84.2 Å². The molecular formula is C10H19F2NO. The van der Waals surface area contributed by atoms with Crippen molar-refractivity contribution >= 4 is 0 Å². The van der Waals surface area contributed by atoms with Crippen LogP contribution in [0.4, 0.5) is 8.78 Å². The van der Waals surface area contributed by atoms with Crippen LogP contribution in [-0.4, -0.2) is 44.2 Å². The van der Waals surface area contributed by atoms with Gasteiger partial charge < -0.3 is 9.64 Å². The third-order valence-corrected chi connectivity index (χ3v) is 2.52. The Morgan fingerprint density at radius 3 is 2.14 bits per heavy atom. The van der Waals surface area contributed by atoms with Crippen LogP contribution in [0, 0.1) is 5.41 Å². The maximum absolute atomic E-state index is 13.2. The third kappa shape index (κ3) is 2.42. The largest absolute Gasteiger partial charge is 0.378 e. The summed E-state index contributed by atoms with van der Waals surface area (Å²) in [5, 5.41) is 0. The summed E-state index contributed by atoms with van der Waals surface area (Å²) in [7, 11) is 3.62. The molecule has 14 heavy (non-hydrogen) atoms.